The van der Waals surface area contributed by atoms with E-state index in [9.17, 15) is 33.9 Å². The number of aliphatic carboxylic acids is 2. The predicted octanol–water partition coefficient (Wildman–Crippen LogP) is 0.682. The van der Waals surface area contributed by atoms with E-state index in [1.807, 2.05) is 13.8 Å². The molecule has 4 rings (SSSR count). The fraction of sp³-hybridized carbons (Fsp3) is 0.412. The molecular weight excluding hydrogens is 622 g/mol. The third kappa shape index (κ3) is 12.2. The van der Waals surface area contributed by atoms with Gasteiger partial charge in [-0.3, -0.25) is 24.0 Å². The van der Waals surface area contributed by atoms with Gasteiger partial charge in [0, 0.05) is 12.8 Å². The minimum absolute atomic E-state index is 0.00935. The van der Waals surface area contributed by atoms with Crippen molar-refractivity contribution in [1.29, 1.82) is 0 Å². The van der Waals surface area contributed by atoms with E-state index in [4.69, 9.17) is 15.6 Å². The monoisotopic (exact) mass is 665 g/mol. The molecule has 2 aliphatic rings. The molecule has 0 spiro atoms. The molecule has 0 saturated heterocycles. The van der Waals surface area contributed by atoms with Crippen LogP contribution < -0.4 is 31.7 Å². The molecule has 0 saturated carbocycles. The van der Waals surface area contributed by atoms with Crippen LogP contribution in [-0.4, -0.2) is 82.6 Å². The van der Waals surface area contributed by atoms with Gasteiger partial charge in [0.2, 0.25) is 23.6 Å². The van der Waals surface area contributed by atoms with Crippen LogP contribution in [-0.2, 0) is 41.6 Å². The summed E-state index contributed by atoms with van der Waals surface area (Å²) in [6, 6.07) is 9.39. The molecule has 2 aliphatic heterocycles. The van der Waals surface area contributed by atoms with E-state index in [1.165, 1.54) is 0 Å². The lowest BCUT2D eigenvalue weighted by atomic mass is 10.0. The number of hydrogen-bond acceptors (Lipinski definition) is 8. The van der Waals surface area contributed by atoms with Crippen LogP contribution in [0.4, 0.5) is 0 Å². The first-order chi connectivity index (χ1) is 22.8. The van der Waals surface area contributed by atoms with Gasteiger partial charge in [0.15, 0.2) is 0 Å². The first-order valence-corrected chi connectivity index (χ1v) is 15.6. The van der Waals surface area contributed by atoms with Crippen LogP contribution in [0.5, 0.6) is 5.75 Å². The number of nitrogens with one attached hydrogen (secondary N) is 4. The van der Waals surface area contributed by atoms with E-state index >= 15 is 0 Å². The standard InChI is InChI=1S/C34H43N5O9/c1-20(2)16-24(35)30(42)37-26-18-22-11-13-23(14-12-22)48-15-7-6-10-25(31(43)39-28(34(46)47)19-29(40)41)36-32(44)27(38-33(26)45)17-21-8-4-3-5-9-21/h3-9,11-14,20,24-28H,10,15-19,35H2,1-2H3,(H,36,44)(H,37,42)(H,38,45)(H,39,43)(H,40,41)(H,46,47)/b7-6-/t24-,25-,26-,27-,28-/m0/s1. The number of hydrogen-bond donors (Lipinski definition) is 7. The van der Waals surface area contributed by atoms with Gasteiger partial charge in [-0.2, -0.15) is 0 Å². The Morgan fingerprint density at radius 1 is 0.958 bits per heavy atom. The minimum atomic E-state index is -1.75. The number of carbonyl (C=O) groups is 6. The van der Waals surface area contributed by atoms with Crippen molar-refractivity contribution in [2.45, 2.75) is 76.2 Å². The highest BCUT2D eigenvalue weighted by atomic mass is 16.5. The molecule has 8 N–H and O–H groups in total. The average molecular weight is 666 g/mol. The van der Waals surface area contributed by atoms with E-state index in [2.05, 4.69) is 21.3 Å². The van der Waals surface area contributed by atoms with Crippen LogP contribution in [0, 0.1) is 5.92 Å². The molecule has 48 heavy (non-hydrogen) atoms. The van der Waals surface area contributed by atoms with Crippen LogP contribution in [0.25, 0.3) is 0 Å². The van der Waals surface area contributed by atoms with Gasteiger partial charge in [-0.25, -0.2) is 4.79 Å². The average Bonchev–Trinajstić information content (AvgIpc) is 3.03. The summed E-state index contributed by atoms with van der Waals surface area (Å²) in [5.74, 6) is -5.27. The highest BCUT2D eigenvalue weighted by Gasteiger charge is 2.32. The zero-order chi connectivity index (χ0) is 35.2. The van der Waals surface area contributed by atoms with Gasteiger partial charge >= 0.3 is 11.9 Å². The number of ether oxygens (including phenoxy) is 1. The van der Waals surface area contributed by atoms with Crippen molar-refractivity contribution in [2.24, 2.45) is 11.7 Å². The van der Waals surface area contributed by atoms with Crippen molar-refractivity contribution < 1.29 is 43.7 Å². The lowest BCUT2D eigenvalue weighted by molar-refractivity contribution is -0.147. The lowest BCUT2D eigenvalue weighted by Gasteiger charge is -2.26. The van der Waals surface area contributed by atoms with Crippen molar-refractivity contribution in [1.82, 2.24) is 21.3 Å². The Labute approximate surface area is 278 Å². The Balaban J connectivity index is 1.98. The third-order valence-electron chi connectivity index (χ3n) is 7.48. The second-order valence-electron chi connectivity index (χ2n) is 12.0. The molecule has 2 bridgehead atoms. The second kappa shape index (κ2) is 18.2. The fourth-order valence-electron chi connectivity index (χ4n) is 4.99. The number of benzene rings is 2. The molecule has 5 atom stereocenters. The van der Waals surface area contributed by atoms with Crippen LogP contribution in [0.1, 0.15) is 44.2 Å². The number of carboxylic acid groups (broad SMARTS) is 2. The number of fused-ring (bicyclic) bond motifs is 13. The Hall–Kier alpha value is -5.24. The first kappa shape index (κ1) is 37.2. The van der Waals surface area contributed by atoms with Crippen molar-refractivity contribution in [3.8, 4) is 5.75 Å². The van der Waals surface area contributed by atoms with Crippen molar-refractivity contribution in [3.05, 3.63) is 77.9 Å². The quantitative estimate of drug-likeness (QED) is 0.166. The van der Waals surface area contributed by atoms with E-state index in [0.717, 1.165) is 0 Å². The van der Waals surface area contributed by atoms with Crippen LogP contribution in [0.15, 0.2) is 66.7 Å². The van der Waals surface area contributed by atoms with Crippen molar-refractivity contribution in [2.75, 3.05) is 6.61 Å². The van der Waals surface area contributed by atoms with E-state index in [1.54, 1.807) is 66.7 Å². The topological polar surface area (TPSA) is 226 Å². The maximum absolute atomic E-state index is 13.9. The molecule has 0 fully saturated rings. The van der Waals surface area contributed by atoms with Crippen LogP contribution in [0.3, 0.4) is 0 Å². The third-order valence-corrected chi connectivity index (χ3v) is 7.48. The molecule has 14 nitrogen and oxygen atoms in total. The summed E-state index contributed by atoms with van der Waals surface area (Å²) in [7, 11) is 0. The van der Waals surface area contributed by atoms with Gasteiger partial charge in [-0.1, -0.05) is 68.5 Å². The molecule has 0 unspecified atom stereocenters. The number of amides is 4. The molecule has 258 valence electrons. The van der Waals surface area contributed by atoms with Crippen molar-refractivity contribution in [3.63, 3.8) is 0 Å². The smallest absolute Gasteiger partial charge is 0.326 e. The molecule has 14 heteroatoms. The summed E-state index contributed by atoms with van der Waals surface area (Å²) >= 11 is 0. The Morgan fingerprint density at radius 3 is 2.27 bits per heavy atom. The highest BCUT2D eigenvalue weighted by molar-refractivity contribution is 5.96. The van der Waals surface area contributed by atoms with Gasteiger partial charge < -0.3 is 42.0 Å². The summed E-state index contributed by atoms with van der Waals surface area (Å²) in [5.41, 5.74) is 7.50. The first-order valence-electron chi connectivity index (χ1n) is 15.6. The molecule has 0 aromatic heterocycles. The number of nitrogens with two attached hydrogens (primary N) is 1. The van der Waals surface area contributed by atoms with Gasteiger partial charge in [0.05, 0.1) is 12.5 Å². The molecule has 2 aromatic rings. The normalized spacial score (nSPS) is 20.6. The number of carboxylic acids is 2. The summed E-state index contributed by atoms with van der Waals surface area (Å²) in [6.45, 7) is 3.94. The van der Waals surface area contributed by atoms with Crippen LogP contribution >= 0.6 is 0 Å². The lowest BCUT2D eigenvalue weighted by Crippen LogP contribution is -2.59. The van der Waals surface area contributed by atoms with E-state index in [-0.39, 0.29) is 31.8 Å². The highest BCUT2D eigenvalue weighted by Crippen LogP contribution is 2.15. The Kier molecular flexibility index (Phi) is 14.1. The maximum Gasteiger partial charge on any atom is 0.326 e. The van der Waals surface area contributed by atoms with E-state index < -0.39 is 72.2 Å². The van der Waals surface area contributed by atoms with Crippen molar-refractivity contribution >= 4 is 35.6 Å². The largest absolute Gasteiger partial charge is 0.490 e. The molecule has 0 radical (unpaired) electrons. The molecule has 2 heterocycles. The molecule has 2 aromatic carbocycles. The summed E-state index contributed by atoms with van der Waals surface area (Å²) in [5, 5.41) is 28.8. The predicted molar refractivity (Wildman–Crippen MR) is 175 cm³/mol. The van der Waals surface area contributed by atoms with Gasteiger partial charge in [-0.15, -0.1) is 0 Å². The zero-order valence-electron chi connectivity index (χ0n) is 26.9. The molecule has 4 amide bonds. The molecule has 0 aliphatic carbocycles. The SMILES string of the molecule is CC(C)C[C@H](N)C(=O)N[C@H]1Cc2ccc(cc2)OC/C=C\C[C@@H](C(=O)N[C@@H](CC(=O)O)C(=O)O)NC(=O)[C@H](Cc2ccccc2)NC1=O. The van der Waals surface area contributed by atoms with Gasteiger partial charge in [0.25, 0.3) is 0 Å². The Bertz CT molecular complexity index is 1460. The summed E-state index contributed by atoms with van der Waals surface area (Å²) in [4.78, 5) is 76.8. The second-order valence-corrected chi connectivity index (χ2v) is 12.0. The summed E-state index contributed by atoms with van der Waals surface area (Å²) < 4.78 is 5.72. The zero-order valence-corrected chi connectivity index (χ0v) is 26.9. The maximum atomic E-state index is 13.9. The Morgan fingerprint density at radius 2 is 1.65 bits per heavy atom. The van der Waals surface area contributed by atoms with Crippen LogP contribution in [0.2, 0.25) is 0 Å². The fourth-order valence-corrected chi connectivity index (χ4v) is 4.99. The summed E-state index contributed by atoms with van der Waals surface area (Å²) in [6.07, 6.45) is 2.63. The van der Waals surface area contributed by atoms with E-state index in [0.29, 0.717) is 23.3 Å². The number of carbonyl (C=O) groups excluding carboxylic acids is 4. The minimum Gasteiger partial charge on any atom is -0.490 e. The van der Waals surface area contributed by atoms with Gasteiger partial charge in [-0.05, 0) is 42.0 Å². The molecular formula is C34H43N5O9. The number of rotatable bonds is 11. The van der Waals surface area contributed by atoms with Gasteiger partial charge in [0.1, 0.15) is 36.5 Å².